The summed E-state index contributed by atoms with van der Waals surface area (Å²) in [6.45, 7) is 9.80. The lowest BCUT2D eigenvalue weighted by Crippen LogP contribution is -2.10. The Morgan fingerprint density at radius 3 is 2.66 bits per heavy atom. The van der Waals surface area contributed by atoms with Crippen molar-refractivity contribution in [3.63, 3.8) is 0 Å². The predicted octanol–water partition coefficient (Wildman–Crippen LogP) is 5.40. The molecule has 32 heavy (non-hydrogen) atoms. The second-order valence-corrected chi connectivity index (χ2v) is 10.3. The zero-order valence-electron chi connectivity index (χ0n) is 18.8. The molecule has 168 valence electrons. The number of thioether (sulfide) groups is 1. The van der Waals surface area contributed by atoms with Crippen molar-refractivity contribution < 1.29 is 4.74 Å². The van der Waals surface area contributed by atoms with Crippen molar-refractivity contribution in [2.24, 2.45) is 5.92 Å². The molecule has 2 N–H and O–H groups in total. The van der Waals surface area contributed by atoms with Gasteiger partial charge >= 0.3 is 0 Å². The molecule has 1 aromatic carbocycles. The molecule has 4 rings (SSSR count). The second kappa shape index (κ2) is 9.87. The predicted molar refractivity (Wildman–Crippen MR) is 131 cm³/mol. The van der Waals surface area contributed by atoms with Crippen molar-refractivity contribution in [3.8, 4) is 5.75 Å². The van der Waals surface area contributed by atoms with Gasteiger partial charge in [-0.1, -0.05) is 43.8 Å². The average Bonchev–Trinajstić information content (AvgIpc) is 3.29. The van der Waals surface area contributed by atoms with E-state index in [0.717, 1.165) is 45.5 Å². The van der Waals surface area contributed by atoms with Gasteiger partial charge in [0.2, 0.25) is 0 Å². The highest BCUT2D eigenvalue weighted by Crippen LogP contribution is 2.33. The number of hydrogen-bond acceptors (Lipinski definition) is 8. The van der Waals surface area contributed by atoms with Crippen LogP contribution in [0.15, 0.2) is 35.5 Å². The van der Waals surface area contributed by atoms with Crippen LogP contribution in [0.4, 0.5) is 5.82 Å². The van der Waals surface area contributed by atoms with Gasteiger partial charge in [-0.2, -0.15) is 0 Å². The van der Waals surface area contributed by atoms with E-state index < -0.39 is 0 Å². The standard InChI is InChI=1S/C23H28N6OS2/c1-14(2)10-11-29-19(12-30-17-8-6-5-7-9-17)27-28-23(29)31-13-18-25-21(24)20-15(3)16(4)32-22(20)26-18/h5-9,14H,10-13H2,1-4H3,(H2,24,25,26). The van der Waals surface area contributed by atoms with Gasteiger partial charge in [-0.05, 0) is 43.9 Å². The first kappa shape index (κ1) is 22.5. The lowest BCUT2D eigenvalue weighted by atomic mass is 10.1. The van der Waals surface area contributed by atoms with Crippen LogP contribution in [0.25, 0.3) is 10.2 Å². The molecule has 0 aliphatic carbocycles. The summed E-state index contributed by atoms with van der Waals surface area (Å²) < 4.78 is 8.07. The van der Waals surface area contributed by atoms with Gasteiger partial charge in [-0.3, -0.25) is 0 Å². The van der Waals surface area contributed by atoms with Gasteiger partial charge in [0.1, 0.15) is 28.8 Å². The molecule has 0 atom stereocenters. The summed E-state index contributed by atoms with van der Waals surface area (Å²) in [5.41, 5.74) is 7.41. The molecule has 7 nitrogen and oxygen atoms in total. The van der Waals surface area contributed by atoms with Crippen LogP contribution < -0.4 is 10.5 Å². The Hall–Kier alpha value is -2.65. The Morgan fingerprint density at radius 2 is 1.91 bits per heavy atom. The maximum absolute atomic E-state index is 6.25. The second-order valence-electron chi connectivity index (χ2n) is 8.11. The zero-order chi connectivity index (χ0) is 22.7. The summed E-state index contributed by atoms with van der Waals surface area (Å²) in [5, 5.41) is 10.7. The minimum atomic E-state index is 0.374. The number of nitrogen functional groups attached to an aromatic ring is 1. The van der Waals surface area contributed by atoms with Crippen LogP contribution in [-0.2, 0) is 18.9 Å². The molecule has 0 saturated heterocycles. The summed E-state index contributed by atoms with van der Waals surface area (Å²) >= 11 is 3.24. The minimum absolute atomic E-state index is 0.374. The highest BCUT2D eigenvalue weighted by molar-refractivity contribution is 7.98. The number of aryl methyl sites for hydroxylation is 2. The number of nitrogens with two attached hydrogens (primary N) is 1. The fourth-order valence-corrected chi connectivity index (χ4v) is 5.22. The van der Waals surface area contributed by atoms with E-state index in [2.05, 4.69) is 47.4 Å². The van der Waals surface area contributed by atoms with E-state index >= 15 is 0 Å². The number of fused-ring (bicyclic) bond motifs is 1. The third-order valence-corrected chi connectivity index (χ3v) is 7.33. The van der Waals surface area contributed by atoms with Crippen molar-refractivity contribution in [1.82, 2.24) is 24.7 Å². The summed E-state index contributed by atoms with van der Waals surface area (Å²) in [6.07, 6.45) is 1.03. The fourth-order valence-electron chi connectivity index (χ4n) is 3.33. The molecule has 0 bridgehead atoms. The summed E-state index contributed by atoms with van der Waals surface area (Å²) in [7, 11) is 0. The van der Waals surface area contributed by atoms with Crippen molar-refractivity contribution >= 4 is 39.1 Å². The van der Waals surface area contributed by atoms with E-state index in [1.165, 1.54) is 4.88 Å². The van der Waals surface area contributed by atoms with Gasteiger partial charge in [-0.15, -0.1) is 21.5 Å². The van der Waals surface area contributed by atoms with E-state index in [4.69, 9.17) is 15.5 Å². The van der Waals surface area contributed by atoms with Crippen LogP contribution in [-0.4, -0.2) is 24.7 Å². The molecule has 0 radical (unpaired) electrons. The molecular formula is C23H28N6OS2. The number of thiophene rings is 1. The van der Waals surface area contributed by atoms with Gasteiger partial charge in [0.25, 0.3) is 0 Å². The fraction of sp³-hybridized carbons (Fsp3) is 0.391. The first-order chi connectivity index (χ1) is 15.4. The third-order valence-electron chi connectivity index (χ3n) is 5.27. The summed E-state index contributed by atoms with van der Waals surface area (Å²) in [6, 6.07) is 9.77. The quantitative estimate of drug-likeness (QED) is 0.329. The number of nitrogens with zero attached hydrogens (tertiary/aromatic N) is 5. The molecule has 0 aliphatic heterocycles. The first-order valence-electron chi connectivity index (χ1n) is 10.7. The van der Waals surface area contributed by atoms with E-state index in [0.29, 0.717) is 29.9 Å². The van der Waals surface area contributed by atoms with E-state index in [1.807, 2.05) is 30.3 Å². The number of benzene rings is 1. The number of aromatic nitrogens is 5. The Kier molecular flexibility index (Phi) is 6.95. The van der Waals surface area contributed by atoms with Gasteiger partial charge in [-0.25, -0.2) is 9.97 Å². The van der Waals surface area contributed by atoms with E-state index in [1.54, 1.807) is 23.1 Å². The van der Waals surface area contributed by atoms with Crippen molar-refractivity contribution in [2.75, 3.05) is 5.73 Å². The maximum atomic E-state index is 6.25. The molecular weight excluding hydrogens is 440 g/mol. The van der Waals surface area contributed by atoms with E-state index in [-0.39, 0.29) is 0 Å². The number of ether oxygens (including phenoxy) is 1. The van der Waals surface area contributed by atoms with Crippen molar-refractivity contribution in [1.29, 1.82) is 0 Å². The lowest BCUT2D eigenvalue weighted by Gasteiger charge is -2.12. The third kappa shape index (κ3) is 5.05. The molecule has 0 spiro atoms. The lowest BCUT2D eigenvalue weighted by molar-refractivity contribution is 0.285. The molecule has 0 aliphatic rings. The largest absolute Gasteiger partial charge is 0.486 e. The van der Waals surface area contributed by atoms with Crippen molar-refractivity contribution in [3.05, 3.63) is 52.4 Å². The van der Waals surface area contributed by atoms with Crippen LogP contribution in [0.2, 0.25) is 0 Å². The normalized spacial score (nSPS) is 11.5. The van der Waals surface area contributed by atoms with Crippen molar-refractivity contribution in [2.45, 2.75) is 58.2 Å². The monoisotopic (exact) mass is 468 g/mol. The molecule has 0 saturated carbocycles. The maximum Gasteiger partial charge on any atom is 0.191 e. The van der Waals surface area contributed by atoms with Gasteiger partial charge < -0.3 is 15.0 Å². The Morgan fingerprint density at radius 1 is 1.12 bits per heavy atom. The van der Waals surface area contributed by atoms with Gasteiger partial charge in [0.15, 0.2) is 11.0 Å². The smallest absolute Gasteiger partial charge is 0.191 e. The SMILES string of the molecule is Cc1sc2nc(CSc3nnc(COc4ccccc4)n3CCC(C)C)nc(N)c2c1C. The Bertz CT molecular complexity index is 1200. The Labute approximate surface area is 196 Å². The van der Waals surface area contributed by atoms with Crippen LogP contribution in [0.1, 0.15) is 42.4 Å². The number of rotatable bonds is 9. The van der Waals surface area contributed by atoms with Crippen LogP contribution in [0, 0.1) is 19.8 Å². The molecule has 0 amide bonds. The van der Waals surface area contributed by atoms with Crippen LogP contribution in [0.5, 0.6) is 5.75 Å². The number of anilines is 1. The molecule has 3 heterocycles. The topological polar surface area (TPSA) is 91.7 Å². The van der Waals surface area contributed by atoms with Crippen LogP contribution >= 0.6 is 23.1 Å². The zero-order valence-corrected chi connectivity index (χ0v) is 20.5. The van der Waals surface area contributed by atoms with Gasteiger partial charge in [0.05, 0.1) is 11.1 Å². The minimum Gasteiger partial charge on any atom is -0.486 e. The molecule has 4 aromatic rings. The molecule has 0 unspecified atom stereocenters. The highest BCUT2D eigenvalue weighted by atomic mass is 32.2. The number of hydrogen-bond donors (Lipinski definition) is 1. The summed E-state index contributed by atoms with van der Waals surface area (Å²) in [5.74, 6) is 4.05. The number of para-hydroxylation sites is 1. The molecule has 0 fully saturated rings. The molecule has 3 aromatic heterocycles. The molecule has 9 heteroatoms. The van der Waals surface area contributed by atoms with Crippen LogP contribution in [0.3, 0.4) is 0 Å². The van der Waals surface area contributed by atoms with Gasteiger partial charge in [0, 0.05) is 11.4 Å². The van der Waals surface area contributed by atoms with E-state index in [9.17, 15) is 0 Å². The highest BCUT2D eigenvalue weighted by Gasteiger charge is 2.17. The average molecular weight is 469 g/mol. The summed E-state index contributed by atoms with van der Waals surface area (Å²) in [4.78, 5) is 11.5. The Balaban J connectivity index is 1.52. The first-order valence-corrected chi connectivity index (χ1v) is 12.5.